The summed E-state index contributed by atoms with van der Waals surface area (Å²) < 4.78 is 191. The van der Waals surface area contributed by atoms with Gasteiger partial charge in [-0.25, -0.2) is 4.74 Å². The molecule has 0 radical (unpaired) electrons. The molecule has 0 saturated carbocycles. The fourth-order valence-electron chi connectivity index (χ4n) is 1.38. The summed E-state index contributed by atoms with van der Waals surface area (Å²) in [6, 6.07) is -22.7. The van der Waals surface area contributed by atoms with E-state index in [1.165, 1.54) is 0 Å². The van der Waals surface area contributed by atoms with E-state index in [1.807, 2.05) is 0 Å². The van der Waals surface area contributed by atoms with Crippen LogP contribution >= 0.6 is 0 Å². The summed E-state index contributed by atoms with van der Waals surface area (Å²) in [6.07, 6.45) is -21.5. The quantitative estimate of drug-likeness (QED) is 0.502. The van der Waals surface area contributed by atoms with Crippen LogP contribution in [0.25, 0.3) is 0 Å². The van der Waals surface area contributed by atoms with Gasteiger partial charge < -0.3 is 0 Å². The van der Waals surface area contributed by atoms with Crippen LogP contribution < -0.4 is 0 Å². The van der Waals surface area contributed by atoms with Crippen molar-refractivity contribution in [1.29, 1.82) is 0 Å². The molecular weight excluding hydrogens is 399 g/mol. The first-order valence-corrected chi connectivity index (χ1v) is 4.91. The summed E-state index contributed by atoms with van der Waals surface area (Å²) in [4.78, 5) is -4.20. The Morgan fingerprint density at radius 3 is 1.12 bits per heavy atom. The molecule has 1 fully saturated rings. The van der Waals surface area contributed by atoms with Crippen LogP contribution in [-0.2, 0) is 4.74 Å². The Balaban J connectivity index is 3.73. The predicted octanol–water partition coefficient (Wildman–Crippen LogP) is 4.48. The maximum Gasteiger partial charge on any atom is 0.461 e. The van der Waals surface area contributed by atoms with Crippen molar-refractivity contribution < 1.29 is 70.6 Å². The molecular formula is C7F15NO. The van der Waals surface area contributed by atoms with Gasteiger partial charge >= 0.3 is 42.5 Å². The van der Waals surface area contributed by atoms with E-state index in [2.05, 4.69) is 0 Å². The molecule has 1 heterocycles. The largest absolute Gasteiger partial charge is 0.461 e. The van der Waals surface area contributed by atoms with E-state index in [-0.39, 0.29) is 0 Å². The average Bonchev–Trinajstić information content (AvgIpc) is 2.21. The van der Waals surface area contributed by atoms with Crippen molar-refractivity contribution in [3.63, 3.8) is 0 Å². The maximum absolute atomic E-state index is 13.0. The van der Waals surface area contributed by atoms with Crippen molar-refractivity contribution >= 4 is 0 Å². The van der Waals surface area contributed by atoms with Gasteiger partial charge in [-0.1, -0.05) is 4.90 Å². The highest BCUT2D eigenvalue weighted by Gasteiger charge is 2.92. The lowest BCUT2D eigenvalue weighted by Gasteiger charge is -2.50. The first kappa shape index (κ1) is 20.9. The summed E-state index contributed by atoms with van der Waals surface area (Å²) in [7, 11) is 0. The van der Waals surface area contributed by atoms with Gasteiger partial charge in [-0.2, -0.15) is 65.9 Å². The van der Waals surface area contributed by atoms with E-state index >= 15 is 0 Å². The van der Waals surface area contributed by atoms with E-state index in [4.69, 9.17) is 0 Å². The fourth-order valence-corrected chi connectivity index (χ4v) is 1.38. The molecule has 0 bridgehead atoms. The van der Waals surface area contributed by atoms with Crippen LogP contribution in [0.5, 0.6) is 0 Å². The number of hydrogen-bond acceptors (Lipinski definition) is 2. The van der Waals surface area contributed by atoms with E-state index in [0.717, 1.165) is 0 Å². The molecule has 0 N–H and O–H groups in total. The molecule has 0 unspecified atom stereocenters. The fraction of sp³-hybridized carbons (Fsp3) is 1.00. The van der Waals surface area contributed by atoms with Gasteiger partial charge in [-0.3, -0.25) is 0 Å². The van der Waals surface area contributed by atoms with Crippen LogP contribution in [-0.4, -0.2) is 47.4 Å². The maximum atomic E-state index is 13.0. The van der Waals surface area contributed by atoms with Crippen molar-refractivity contribution in [3.05, 3.63) is 0 Å². The van der Waals surface area contributed by atoms with Gasteiger partial charge in [0.15, 0.2) is 0 Å². The summed E-state index contributed by atoms with van der Waals surface area (Å²) in [5, 5.41) is 0. The van der Waals surface area contributed by atoms with E-state index in [9.17, 15) is 65.9 Å². The third-order valence-electron chi connectivity index (χ3n) is 2.53. The lowest BCUT2D eigenvalue weighted by Crippen LogP contribution is -2.80. The zero-order valence-electron chi connectivity index (χ0n) is 10.0. The minimum Gasteiger partial charge on any atom is -0.243 e. The topological polar surface area (TPSA) is 12.5 Å². The van der Waals surface area contributed by atoms with Crippen LogP contribution in [0.3, 0.4) is 0 Å². The Bertz CT molecular complexity index is 480. The second kappa shape index (κ2) is 4.73. The zero-order valence-corrected chi connectivity index (χ0v) is 10.0. The van der Waals surface area contributed by atoms with Gasteiger partial charge in [0.05, 0.1) is 0 Å². The van der Waals surface area contributed by atoms with Crippen LogP contribution in [0.1, 0.15) is 0 Å². The van der Waals surface area contributed by atoms with Gasteiger partial charge in [-0.05, 0) is 0 Å². The Morgan fingerprint density at radius 1 is 0.583 bits per heavy atom. The number of hydrogen-bond donors (Lipinski definition) is 0. The first-order valence-electron chi connectivity index (χ1n) is 4.91. The van der Waals surface area contributed by atoms with Gasteiger partial charge in [-0.15, -0.1) is 0 Å². The van der Waals surface area contributed by atoms with Gasteiger partial charge in [0.2, 0.25) is 0 Å². The monoisotopic (exact) mass is 399 g/mol. The zero-order chi connectivity index (χ0) is 19.8. The summed E-state index contributed by atoms with van der Waals surface area (Å²) in [5.74, 6) is -7.85. The molecule has 0 aromatic rings. The van der Waals surface area contributed by atoms with Crippen molar-refractivity contribution in [2.45, 2.75) is 42.5 Å². The second-order valence-corrected chi connectivity index (χ2v) is 4.17. The average molecular weight is 399 g/mol. The van der Waals surface area contributed by atoms with Crippen LogP contribution in [0.15, 0.2) is 0 Å². The molecule has 0 aliphatic carbocycles. The second-order valence-electron chi connectivity index (χ2n) is 4.17. The molecule has 0 aromatic carbocycles. The summed E-state index contributed by atoms with van der Waals surface area (Å²) in [5.41, 5.74) is 0. The summed E-state index contributed by atoms with van der Waals surface area (Å²) in [6.45, 7) is 0. The molecule has 24 heavy (non-hydrogen) atoms. The highest BCUT2D eigenvalue weighted by atomic mass is 19.4. The Labute approximate surface area is 119 Å². The van der Waals surface area contributed by atoms with E-state index in [1.54, 1.807) is 4.74 Å². The molecule has 2 nitrogen and oxygen atoms in total. The lowest BCUT2D eigenvalue weighted by molar-refractivity contribution is -0.598. The number of alkyl halides is 15. The molecule has 0 atom stereocenters. The molecule has 144 valence electrons. The number of nitrogens with zero attached hydrogens (tertiary/aromatic N) is 1. The van der Waals surface area contributed by atoms with E-state index in [0.29, 0.717) is 0 Å². The normalized spacial score (nSPS) is 27.1. The molecule has 1 rings (SSSR count). The first-order chi connectivity index (χ1) is 10.1. The number of rotatable bonds is 2. The van der Waals surface area contributed by atoms with Gasteiger partial charge in [0.25, 0.3) is 0 Å². The standard InChI is InChI=1S/C7F15NO/c8-1(9,2(10,11)12)3(13,14)23-4(15,16)6(19,20)24-7(21,22)5(23,17)18. The number of halogens is 15. The van der Waals surface area contributed by atoms with E-state index < -0.39 is 47.4 Å². The SMILES string of the molecule is FC(F)(F)C(F)(F)C(F)(F)N1C(F)(F)C(F)(F)OC(F)(F)C1(F)F. The number of morpholine rings is 1. The van der Waals surface area contributed by atoms with Crippen LogP contribution in [0.4, 0.5) is 65.9 Å². The third kappa shape index (κ3) is 2.38. The highest BCUT2D eigenvalue weighted by molar-refractivity contribution is 5.03. The van der Waals surface area contributed by atoms with Crippen LogP contribution in [0.2, 0.25) is 0 Å². The van der Waals surface area contributed by atoms with Gasteiger partial charge in [0, 0.05) is 0 Å². The van der Waals surface area contributed by atoms with Gasteiger partial charge in [0.1, 0.15) is 0 Å². The molecule has 0 aromatic heterocycles. The Hall–Kier alpha value is -1.13. The van der Waals surface area contributed by atoms with Crippen molar-refractivity contribution in [2.24, 2.45) is 0 Å². The molecule has 1 aliphatic rings. The molecule has 0 spiro atoms. The molecule has 0 amide bonds. The molecule has 1 saturated heterocycles. The third-order valence-corrected chi connectivity index (χ3v) is 2.53. The minimum absolute atomic E-state index is 1.65. The smallest absolute Gasteiger partial charge is 0.243 e. The van der Waals surface area contributed by atoms with Crippen molar-refractivity contribution in [1.82, 2.24) is 4.90 Å². The van der Waals surface area contributed by atoms with Crippen molar-refractivity contribution in [2.75, 3.05) is 0 Å². The minimum atomic E-state index is -7.94. The lowest BCUT2D eigenvalue weighted by atomic mass is 10.1. The number of ether oxygens (including phenoxy) is 1. The molecule has 1 aliphatic heterocycles. The highest BCUT2D eigenvalue weighted by Crippen LogP contribution is 2.62. The molecule has 17 heteroatoms. The van der Waals surface area contributed by atoms with Crippen molar-refractivity contribution in [3.8, 4) is 0 Å². The summed E-state index contributed by atoms with van der Waals surface area (Å²) >= 11 is 0. The predicted molar refractivity (Wildman–Crippen MR) is 38.7 cm³/mol. The van der Waals surface area contributed by atoms with Crippen LogP contribution in [0, 0.1) is 0 Å². The Morgan fingerprint density at radius 2 is 0.875 bits per heavy atom. The Kier molecular flexibility index (Phi) is 4.12.